The Morgan fingerprint density at radius 3 is 2.78 bits per heavy atom. The summed E-state index contributed by atoms with van der Waals surface area (Å²) in [7, 11) is 3.81. The Balaban J connectivity index is 1.74. The molecule has 1 fully saturated rings. The van der Waals surface area contributed by atoms with Crippen molar-refractivity contribution in [3.05, 3.63) is 71.6 Å². The van der Waals surface area contributed by atoms with Gasteiger partial charge in [-0.05, 0) is 61.1 Å². The van der Waals surface area contributed by atoms with Crippen LogP contribution in [0.15, 0.2) is 48.9 Å². The summed E-state index contributed by atoms with van der Waals surface area (Å²) in [6.07, 6.45) is 8.40. The van der Waals surface area contributed by atoms with E-state index in [9.17, 15) is 9.18 Å². The highest BCUT2D eigenvalue weighted by molar-refractivity contribution is 5.80. The molecule has 32 heavy (non-hydrogen) atoms. The molecule has 0 radical (unpaired) electrons. The van der Waals surface area contributed by atoms with Crippen molar-refractivity contribution in [2.45, 2.75) is 38.6 Å². The minimum atomic E-state index is -0.327. The Bertz CT molecular complexity index is 1120. The van der Waals surface area contributed by atoms with Crippen LogP contribution in [0.4, 0.5) is 10.3 Å². The number of rotatable bonds is 5. The van der Waals surface area contributed by atoms with Crippen molar-refractivity contribution in [2.75, 3.05) is 25.5 Å². The summed E-state index contributed by atoms with van der Waals surface area (Å²) in [5, 5.41) is 0. The number of hydrogen-bond donors (Lipinski definition) is 0. The Kier molecular flexibility index (Phi) is 6.44. The lowest BCUT2D eigenvalue weighted by Crippen LogP contribution is -2.40. The van der Waals surface area contributed by atoms with Gasteiger partial charge >= 0.3 is 0 Å². The number of likely N-dealkylation sites (tertiary alicyclic amines) is 1. The lowest BCUT2D eigenvalue weighted by atomic mass is 9.92. The van der Waals surface area contributed by atoms with Crippen LogP contribution in [0, 0.1) is 12.7 Å². The summed E-state index contributed by atoms with van der Waals surface area (Å²) >= 11 is 0. The largest absolute Gasteiger partial charge is 0.347 e. The molecule has 0 saturated carbocycles. The molecule has 4 rings (SSSR count). The van der Waals surface area contributed by atoms with E-state index in [2.05, 4.69) is 9.97 Å². The van der Waals surface area contributed by atoms with Crippen LogP contribution in [0.3, 0.4) is 0 Å². The number of piperidine rings is 1. The van der Waals surface area contributed by atoms with Crippen LogP contribution in [0.1, 0.15) is 42.1 Å². The maximum atomic E-state index is 13.6. The number of aromatic nitrogens is 3. The van der Waals surface area contributed by atoms with E-state index in [1.165, 1.54) is 12.1 Å². The van der Waals surface area contributed by atoms with E-state index in [4.69, 9.17) is 4.98 Å². The second kappa shape index (κ2) is 9.42. The summed E-state index contributed by atoms with van der Waals surface area (Å²) in [6.45, 7) is 2.68. The number of pyridine rings is 1. The van der Waals surface area contributed by atoms with Crippen LogP contribution in [0.5, 0.6) is 0 Å². The maximum Gasteiger partial charge on any atom is 0.227 e. The molecular formula is C25H28FN5O. The first kappa shape index (κ1) is 21.9. The van der Waals surface area contributed by atoms with E-state index in [1.807, 2.05) is 49.3 Å². The fourth-order valence-corrected chi connectivity index (χ4v) is 4.28. The number of benzene rings is 1. The van der Waals surface area contributed by atoms with Crippen molar-refractivity contribution in [3.63, 3.8) is 0 Å². The van der Waals surface area contributed by atoms with Gasteiger partial charge in [0.1, 0.15) is 5.82 Å². The average Bonchev–Trinajstić information content (AvgIpc) is 2.79. The second-order valence-corrected chi connectivity index (χ2v) is 8.46. The molecule has 0 bridgehead atoms. The van der Waals surface area contributed by atoms with Crippen molar-refractivity contribution in [1.29, 1.82) is 0 Å². The molecule has 0 N–H and O–H groups in total. The van der Waals surface area contributed by atoms with Gasteiger partial charge in [0.15, 0.2) is 0 Å². The van der Waals surface area contributed by atoms with Gasteiger partial charge < -0.3 is 9.80 Å². The first-order valence-corrected chi connectivity index (χ1v) is 10.9. The van der Waals surface area contributed by atoms with E-state index < -0.39 is 0 Å². The smallest absolute Gasteiger partial charge is 0.227 e. The van der Waals surface area contributed by atoms with Gasteiger partial charge in [-0.1, -0.05) is 12.1 Å². The standard InChI is InChI=1S/C25H28FN5O/c1-17-15-27-11-10-20(17)21-16-28-25(30(2)3)29-24(21)22-9-4-5-12-31(22)23(32)14-18-7-6-8-19(26)13-18/h6-8,10-11,13,15-16,22H,4-5,9,12,14H2,1-3H3/t22-/m0/s1. The third-order valence-electron chi connectivity index (χ3n) is 5.90. The monoisotopic (exact) mass is 433 g/mol. The molecule has 0 unspecified atom stereocenters. The lowest BCUT2D eigenvalue weighted by Gasteiger charge is -2.36. The summed E-state index contributed by atoms with van der Waals surface area (Å²) in [6, 6.07) is 8.06. The third-order valence-corrected chi connectivity index (χ3v) is 5.90. The summed E-state index contributed by atoms with van der Waals surface area (Å²) in [5.41, 5.74) is 4.50. The highest BCUT2D eigenvalue weighted by Crippen LogP contribution is 2.37. The number of halogens is 1. The number of aryl methyl sites for hydroxylation is 1. The molecule has 3 aromatic rings. The Labute approximate surface area is 188 Å². The first-order valence-electron chi connectivity index (χ1n) is 10.9. The highest BCUT2D eigenvalue weighted by atomic mass is 19.1. The summed E-state index contributed by atoms with van der Waals surface area (Å²) in [5.74, 6) is 0.272. The predicted molar refractivity (Wildman–Crippen MR) is 123 cm³/mol. The van der Waals surface area contributed by atoms with Crippen molar-refractivity contribution in [3.8, 4) is 11.1 Å². The van der Waals surface area contributed by atoms with E-state index in [0.717, 1.165) is 41.6 Å². The van der Waals surface area contributed by atoms with Crippen molar-refractivity contribution in [2.24, 2.45) is 0 Å². The summed E-state index contributed by atoms with van der Waals surface area (Å²) in [4.78, 5) is 30.8. The van der Waals surface area contributed by atoms with Gasteiger partial charge in [0, 0.05) is 44.8 Å². The van der Waals surface area contributed by atoms with Crippen LogP contribution in [0.25, 0.3) is 11.1 Å². The molecule has 1 atom stereocenters. The zero-order chi connectivity index (χ0) is 22.7. The van der Waals surface area contributed by atoms with Gasteiger partial charge in [0.25, 0.3) is 0 Å². The zero-order valence-electron chi connectivity index (χ0n) is 18.8. The van der Waals surface area contributed by atoms with E-state index in [1.54, 1.807) is 18.3 Å². The van der Waals surface area contributed by atoms with Crippen molar-refractivity contribution >= 4 is 11.9 Å². The molecule has 1 aromatic carbocycles. The van der Waals surface area contributed by atoms with Gasteiger partial charge in [0.2, 0.25) is 11.9 Å². The normalized spacial score (nSPS) is 16.1. The van der Waals surface area contributed by atoms with E-state index in [0.29, 0.717) is 18.1 Å². The van der Waals surface area contributed by atoms with Crippen molar-refractivity contribution in [1.82, 2.24) is 19.9 Å². The molecule has 6 nitrogen and oxygen atoms in total. The molecule has 2 aromatic heterocycles. The predicted octanol–water partition coefficient (Wildman–Crippen LogP) is 4.35. The first-order chi connectivity index (χ1) is 15.4. The van der Waals surface area contributed by atoms with Crippen LogP contribution >= 0.6 is 0 Å². The number of nitrogens with zero attached hydrogens (tertiary/aromatic N) is 5. The molecule has 7 heteroatoms. The molecule has 3 heterocycles. The Morgan fingerprint density at radius 2 is 2.03 bits per heavy atom. The molecule has 1 saturated heterocycles. The van der Waals surface area contributed by atoms with Gasteiger partial charge in [-0.2, -0.15) is 0 Å². The average molecular weight is 434 g/mol. The number of amides is 1. The quantitative estimate of drug-likeness (QED) is 0.599. The van der Waals surface area contributed by atoms with Crippen LogP contribution < -0.4 is 4.90 Å². The molecule has 0 aliphatic carbocycles. The zero-order valence-corrected chi connectivity index (χ0v) is 18.8. The molecule has 0 spiro atoms. The van der Waals surface area contributed by atoms with E-state index >= 15 is 0 Å². The van der Waals surface area contributed by atoms with Crippen LogP contribution in [0.2, 0.25) is 0 Å². The fourth-order valence-electron chi connectivity index (χ4n) is 4.28. The number of hydrogen-bond acceptors (Lipinski definition) is 5. The minimum Gasteiger partial charge on any atom is -0.347 e. The van der Waals surface area contributed by atoms with Crippen LogP contribution in [-0.2, 0) is 11.2 Å². The van der Waals surface area contributed by atoms with Gasteiger partial charge in [-0.25, -0.2) is 14.4 Å². The third kappa shape index (κ3) is 4.61. The van der Waals surface area contributed by atoms with Gasteiger partial charge in [-0.15, -0.1) is 0 Å². The Morgan fingerprint density at radius 1 is 1.19 bits per heavy atom. The minimum absolute atomic E-state index is 0.0114. The highest BCUT2D eigenvalue weighted by Gasteiger charge is 2.32. The molecule has 1 aliphatic heterocycles. The number of anilines is 1. The molecule has 166 valence electrons. The SMILES string of the molecule is Cc1cnccc1-c1cnc(N(C)C)nc1[C@@H]1CCCCN1C(=O)Cc1cccc(F)c1. The molecule has 1 amide bonds. The topological polar surface area (TPSA) is 62.2 Å². The molecule has 1 aliphatic rings. The van der Waals surface area contributed by atoms with Crippen molar-refractivity contribution < 1.29 is 9.18 Å². The van der Waals surface area contributed by atoms with Gasteiger partial charge in [0.05, 0.1) is 18.2 Å². The maximum absolute atomic E-state index is 13.6. The second-order valence-electron chi connectivity index (χ2n) is 8.46. The Hall–Kier alpha value is -3.35. The summed E-state index contributed by atoms with van der Waals surface area (Å²) < 4.78 is 13.6. The lowest BCUT2D eigenvalue weighted by molar-refractivity contribution is -0.134. The number of carbonyl (C=O) groups excluding carboxylic acids is 1. The van der Waals surface area contributed by atoms with Crippen LogP contribution in [-0.4, -0.2) is 46.4 Å². The number of carbonyl (C=O) groups is 1. The van der Waals surface area contributed by atoms with Gasteiger partial charge in [-0.3, -0.25) is 9.78 Å². The van der Waals surface area contributed by atoms with E-state index in [-0.39, 0.29) is 24.2 Å². The molecular weight excluding hydrogens is 405 g/mol. The fraction of sp³-hybridized carbons (Fsp3) is 0.360.